The van der Waals surface area contributed by atoms with E-state index in [0.29, 0.717) is 12.5 Å². The number of aliphatic hydroxyl groups is 1. The summed E-state index contributed by atoms with van der Waals surface area (Å²) in [5.41, 5.74) is 9.57. The van der Waals surface area contributed by atoms with Gasteiger partial charge in [0.05, 0.1) is 6.61 Å². The fourth-order valence-electron chi connectivity index (χ4n) is 2.88. The SMILES string of the molecule is CCCOc1cc(C)c(C(C)CC(CN)CO)c(C)c1. The topological polar surface area (TPSA) is 55.5 Å². The van der Waals surface area contributed by atoms with Gasteiger partial charge in [-0.3, -0.25) is 0 Å². The van der Waals surface area contributed by atoms with Gasteiger partial charge < -0.3 is 15.6 Å². The molecular weight excluding hydrogens is 250 g/mol. The van der Waals surface area contributed by atoms with Gasteiger partial charge in [0.25, 0.3) is 0 Å². The Hall–Kier alpha value is -1.06. The summed E-state index contributed by atoms with van der Waals surface area (Å²) in [6.07, 6.45) is 1.94. The maximum absolute atomic E-state index is 9.30. The van der Waals surface area contributed by atoms with Crippen molar-refractivity contribution < 1.29 is 9.84 Å². The van der Waals surface area contributed by atoms with Crippen LogP contribution in [0.25, 0.3) is 0 Å². The first-order valence-electron chi connectivity index (χ1n) is 7.58. The Morgan fingerprint density at radius 2 is 1.85 bits per heavy atom. The Kier molecular flexibility index (Phi) is 7.03. The van der Waals surface area contributed by atoms with Gasteiger partial charge in [-0.1, -0.05) is 13.8 Å². The Morgan fingerprint density at radius 1 is 1.25 bits per heavy atom. The fourth-order valence-corrected chi connectivity index (χ4v) is 2.88. The number of hydrogen-bond acceptors (Lipinski definition) is 3. The minimum atomic E-state index is 0.163. The predicted octanol–water partition coefficient (Wildman–Crippen LogP) is 3.15. The van der Waals surface area contributed by atoms with Crippen LogP contribution in [-0.4, -0.2) is 24.9 Å². The normalized spacial score (nSPS) is 14.1. The third kappa shape index (κ3) is 4.50. The lowest BCUT2D eigenvalue weighted by molar-refractivity contribution is 0.217. The number of aryl methyl sites for hydroxylation is 2. The summed E-state index contributed by atoms with van der Waals surface area (Å²) in [5.74, 6) is 1.53. The molecule has 114 valence electrons. The molecule has 0 saturated heterocycles. The van der Waals surface area contributed by atoms with Crippen LogP contribution in [-0.2, 0) is 0 Å². The van der Waals surface area contributed by atoms with Crippen LogP contribution in [0.5, 0.6) is 5.75 Å². The van der Waals surface area contributed by atoms with Gasteiger partial charge in [0.1, 0.15) is 5.75 Å². The minimum Gasteiger partial charge on any atom is -0.494 e. The molecule has 3 heteroatoms. The molecule has 1 aromatic carbocycles. The van der Waals surface area contributed by atoms with Crippen molar-refractivity contribution in [3.8, 4) is 5.75 Å². The van der Waals surface area contributed by atoms with Crippen LogP contribution in [0.15, 0.2) is 12.1 Å². The van der Waals surface area contributed by atoms with Crippen molar-refractivity contribution in [3.63, 3.8) is 0 Å². The fraction of sp³-hybridized carbons (Fsp3) is 0.647. The van der Waals surface area contributed by atoms with E-state index in [0.717, 1.165) is 25.2 Å². The van der Waals surface area contributed by atoms with Gasteiger partial charge in [-0.05, 0) is 73.9 Å². The first-order valence-corrected chi connectivity index (χ1v) is 7.58. The molecule has 0 aliphatic heterocycles. The average molecular weight is 279 g/mol. The van der Waals surface area contributed by atoms with Crippen LogP contribution >= 0.6 is 0 Å². The highest BCUT2D eigenvalue weighted by Crippen LogP contribution is 2.31. The van der Waals surface area contributed by atoms with Crippen molar-refractivity contribution in [2.24, 2.45) is 11.7 Å². The van der Waals surface area contributed by atoms with E-state index in [1.807, 2.05) is 0 Å². The van der Waals surface area contributed by atoms with Gasteiger partial charge >= 0.3 is 0 Å². The van der Waals surface area contributed by atoms with Crippen molar-refractivity contribution in [1.82, 2.24) is 0 Å². The monoisotopic (exact) mass is 279 g/mol. The standard InChI is InChI=1S/C17H29NO2/c1-5-6-20-16-8-13(3)17(14(4)9-16)12(2)7-15(10-18)11-19/h8-9,12,15,19H,5-7,10-11,18H2,1-4H3. The molecular formula is C17H29NO2. The van der Waals surface area contributed by atoms with Crippen molar-refractivity contribution in [3.05, 3.63) is 28.8 Å². The second-order valence-electron chi connectivity index (χ2n) is 5.74. The molecule has 0 aromatic heterocycles. The Labute approximate surface area is 123 Å². The van der Waals surface area contributed by atoms with E-state index < -0.39 is 0 Å². The van der Waals surface area contributed by atoms with Crippen LogP contribution in [0.3, 0.4) is 0 Å². The highest BCUT2D eigenvalue weighted by Gasteiger charge is 2.17. The summed E-state index contributed by atoms with van der Waals surface area (Å²) in [4.78, 5) is 0. The van der Waals surface area contributed by atoms with E-state index in [9.17, 15) is 5.11 Å². The van der Waals surface area contributed by atoms with Gasteiger partial charge in [0.2, 0.25) is 0 Å². The van der Waals surface area contributed by atoms with Crippen molar-refractivity contribution in [1.29, 1.82) is 0 Å². The molecule has 0 aliphatic carbocycles. The van der Waals surface area contributed by atoms with Crippen LogP contribution in [0.4, 0.5) is 0 Å². The molecule has 2 atom stereocenters. The first kappa shape index (κ1) is 17.0. The number of benzene rings is 1. The molecule has 0 fully saturated rings. The van der Waals surface area contributed by atoms with Crippen LogP contribution in [0, 0.1) is 19.8 Å². The Balaban J connectivity index is 2.89. The third-order valence-electron chi connectivity index (χ3n) is 3.81. The van der Waals surface area contributed by atoms with Gasteiger partial charge in [-0.25, -0.2) is 0 Å². The van der Waals surface area contributed by atoms with Gasteiger partial charge in [-0.2, -0.15) is 0 Å². The molecule has 1 rings (SSSR count). The Bertz CT molecular complexity index is 390. The molecule has 2 unspecified atom stereocenters. The lowest BCUT2D eigenvalue weighted by Gasteiger charge is -2.22. The largest absolute Gasteiger partial charge is 0.494 e. The smallest absolute Gasteiger partial charge is 0.119 e. The van der Waals surface area contributed by atoms with E-state index in [4.69, 9.17) is 10.5 Å². The van der Waals surface area contributed by atoms with Crippen molar-refractivity contribution >= 4 is 0 Å². The molecule has 0 aliphatic rings. The molecule has 3 nitrogen and oxygen atoms in total. The Morgan fingerprint density at radius 3 is 2.30 bits per heavy atom. The lowest BCUT2D eigenvalue weighted by atomic mass is 9.85. The van der Waals surface area contributed by atoms with E-state index in [1.165, 1.54) is 16.7 Å². The molecule has 1 aromatic rings. The van der Waals surface area contributed by atoms with Crippen LogP contribution in [0.1, 0.15) is 49.3 Å². The zero-order chi connectivity index (χ0) is 15.1. The van der Waals surface area contributed by atoms with E-state index >= 15 is 0 Å². The molecule has 0 heterocycles. The van der Waals surface area contributed by atoms with Crippen molar-refractivity contribution in [2.75, 3.05) is 19.8 Å². The number of nitrogens with two attached hydrogens (primary N) is 1. The summed E-state index contributed by atoms with van der Waals surface area (Å²) in [6.45, 7) is 10.0. The summed E-state index contributed by atoms with van der Waals surface area (Å²) < 4.78 is 5.71. The van der Waals surface area contributed by atoms with Crippen LogP contribution < -0.4 is 10.5 Å². The highest BCUT2D eigenvalue weighted by molar-refractivity contribution is 5.43. The molecule has 0 saturated carbocycles. The average Bonchev–Trinajstić information content (AvgIpc) is 2.41. The van der Waals surface area contributed by atoms with Gasteiger partial charge in [-0.15, -0.1) is 0 Å². The van der Waals surface area contributed by atoms with Crippen molar-refractivity contribution in [2.45, 2.75) is 46.5 Å². The third-order valence-corrected chi connectivity index (χ3v) is 3.81. The van der Waals surface area contributed by atoms with E-state index in [1.54, 1.807) is 0 Å². The number of aliphatic hydroxyl groups excluding tert-OH is 1. The van der Waals surface area contributed by atoms with Crippen LogP contribution in [0.2, 0.25) is 0 Å². The lowest BCUT2D eigenvalue weighted by Crippen LogP contribution is -2.20. The number of ether oxygens (including phenoxy) is 1. The zero-order valence-electron chi connectivity index (χ0n) is 13.3. The first-order chi connectivity index (χ1) is 9.53. The quantitative estimate of drug-likeness (QED) is 0.768. The van der Waals surface area contributed by atoms with Gasteiger partial charge in [0, 0.05) is 6.61 Å². The van der Waals surface area contributed by atoms with Gasteiger partial charge in [0.15, 0.2) is 0 Å². The molecule has 0 amide bonds. The number of hydrogen-bond donors (Lipinski definition) is 2. The maximum Gasteiger partial charge on any atom is 0.119 e. The number of rotatable bonds is 8. The zero-order valence-corrected chi connectivity index (χ0v) is 13.3. The molecule has 0 spiro atoms. The molecule has 0 bridgehead atoms. The highest BCUT2D eigenvalue weighted by atomic mass is 16.5. The predicted molar refractivity (Wildman–Crippen MR) is 84.4 cm³/mol. The second-order valence-corrected chi connectivity index (χ2v) is 5.74. The molecule has 0 radical (unpaired) electrons. The maximum atomic E-state index is 9.30. The summed E-state index contributed by atoms with van der Waals surface area (Å²) in [7, 11) is 0. The molecule has 3 N–H and O–H groups in total. The molecule has 20 heavy (non-hydrogen) atoms. The van der Waals surface area contributed by atoms with E-state index in [2.05, 4.69) is 39.8 Å². The minimum absolute atomic E-state index is 0.163. The summed E-state index contributed by atoms with van der Waals surface area (Å²) in [6, 6.07) is 4.23. The summed E-state index contributed by atoms with van der Waals surface area (Å²) >= 11 is 0. The summed E-state index contributed by atoms with van der Waals surface area (Å²) in [5, 5.41) is 9.30. The van der Waals surface area contributed by atoms with E-state index in [-0.39, 0.29) is 12.5 Å². The second kappa shape index (κ2) is 8.28.